The van der Waals surface area contributed by atoms with Crippen LogP contribution in [0.3, 0.4) is 0 Å². The molecule has 5 rings (SSSR count). The maximum atomic E-state index is 15.0. The van der Waals surface area contributed by atoms with Gasteiger partial charge in [-0.1, -0.05) is 6.92 Å². The second kappa shape index (κ2) is 10.6. The normalized spacial score (nSPS) is 20.4. The van der Waals surface area contributed by atoms with Crippen molar-refractivity contribution in [2.45, 2.75) is 45.2 Å². The first-order valence-electron chi connectivity index (χ1n) is 12.7. The summed E-state index contributed by atoms with van der Waals surface area (Å²) in [4.78, 5) is 13.0. The van der Waals surface area contributed by atoms with Crippen molar-refractivity contribution in [3.8, 4) is 11.3 Å². The lowest BCUT2D eigenvalue weighted by Gasteiger charge is -2.37. The first-order valence-corrected chi connectivity index (χ1v) is 12.7. The van der Waals surface area contributed by atoms with Crippen LogP contribution in [-0.4, -0.2) is 47.1 Å². The van der Waals surface area contributed by atoms with Crippen LogP contribution < -0.4 is 10.6 Å². The average molecular weight is 496 g/mol. The predicted molar refractivity (Wildman–Crippen MR) is 135 cm³/mol. The number of hydrogen-bond acceptors (Lipinski definition) is 5. The number of pyridine rings is 2. The van der Waals surface area contributed by atoms with Gasteiger partial charge in [0.1, 0.15) is 23.1 Å². The number of rotatable bonds is 7. The largest absolute Gasteiger partial charge is 0.369 e. The summed E-state index contributed by atoms with van der Waals surface area (Å²) in [6, 6.07) is 7.50. The smallest absolute Gasteiger partial charge is 0.149 e. The molecule has 2 aliphatic heterocycles. The molecule has 5 nitrogen and oxygen atoms in total. The molecule has 2 atom stereocenters. The van der Waals surface area contributed by atoms with Crippen molar-refractivity contribution in [2.75, 3.05) is 31.1 Å². The van der Waals surface area contributed by atoms with E-state index in [1.165, 1.54) is 18.2 Å². The van der Waals surface area contributed by atoms with Crippen LogP contribution in [0.2, 0.25) is 0 Å². The minimum atomic E-state index is -0.792. The molecule has 190 valence electrons. The molecule has 0 saturated carbocycles. The maximum absolute atomic E-state index is 15.0. The van der Waals surface area contributed by atoms with Gasteiger partial charge in [-0.2, -0.15) is 0 Å². The van der Waals surface area contributed by atoms with Crippen LogP contribution in [0.5, 0.6) is 0 Å². The van der Waals surface area contributed by atoms with E-state index in [1.807, 2.05) is 12.3 Å². The van der Waals surface area contributed by atoms with Gasteiger partial charge < -0.3 is 10.6 Å². The van der Waals surface area contributed by atoms with E-state index in [9.17, 15) is 13.2 Å². The third-order valence-electron chi connectivity index (χ3n) is 7.16. The van der Waals surface area contributed by atoms with Crippen molar-refractivity contribution < 1.29 is 13.2 Å². The van der Waals surface area contributed by atoms with Gasteiger partial charge >= 0.3 is 0 Å². The molecule has 1 aromatic carbocycles. The van der Waals surface area contributed by atoms with Gasteiger partial charge in [0, 0.05) is 49.5 Å². The molecule has 2 aliphatic rings. The minimum Gasteiger partial charge on any atom is -0.369 e. The molecule has 0 amide bonds. The van der Waals surface area contributed by atoms with Gasteiger partial charge in [-0.25, -0.2) is 18.2 Å². The molecule has 2 N–H and O–H groups in total. The van der Waals surface area contributed by atoms with E-state index in [0.29, 0.717) is 36.6 Å². The zero-order valence-electron chi connectivity index (χ0n) is 20.6. The molecule has 0 spiro atoms. The highest BCUT2D eigenvalue weighted by molar-refractivity contribution is 5.62. The number of piperidine rings is 1. The lowest BCUT2D eigenvalue weighted by Crippen LogP contribution is -2.46. The Balaban J connectivity index is 1.36. The van der Waals surface area contributed by atoms with Crippen LogP contribution in [0.4, 0.5) is 18.9 Å². The van der Waals surface area contributed by atoms with E-state index < -0.39 is 23.0 Å². The first kappa shape index (κ1) is 24.7. The number of aryl methyl sites for hydroxylation is 2. The molecule has 0 aliphatic carbocycles. The summed E-state index contributed by atoms with van der Waals surface area (Å²) in [5.74, 6) is -1.83. The van der Waals surface area contributed by atoms with Gasteiger partial charge in [-0.05, 0) is 86.1 Å². The molecule has 2 aromatic heterocycles. The van der Waals surface area contributed by atoms with E-state index in [4.69, 9.17) is 5.73 Å². The SMILES string of the molecule is C[C@@H]1C[C@H](N)CN(c2ccncc2CCc2ccc(F)c(-c3c(F)cc(CN4CCC4)cc3F)n2)C1. The van der Waals surface area contributed by atoms with Crippen LogP contribution >= 0.6 is 0 Å². The van der Waals surface area contributed by atoms with Gasteiger partial charge in [0.2, 0.25) is 0 Å². The van der Waals surface area contributed by atoms with Crippen LogP contribution in [0.1, 0.15) is 36.6 Å². The minimum absolute atomic E-state index is 0.123. The molecule has 8 heteroatoms. The number of hydrogen-bond donors (Lipinski definition) is 1. The van der Waals surface area contributed by atoms with Crippen molar-refractivity contribution in [3.05, 3.63) is 77.0 Å². The number of benzene rings is 1. The Morgan fingerprint density at radius 1 is 1.00 bits per heavy atom. The molecular formula is C28H32F3N5. The fourth-order valence-electron chi connectivity index (χ4n) is 5.32. The molecule has 3 aromatic rings. The lowest BCUT2D eigenvalue weighted by molar-refractivity contribution is 0.172. The van der Waals surface area contributed by atoms with Crippen LogP contribution in [0, 0.1) is 23.4 Å². The summed E-state index contributed by atoms with van der Waals surface area (Å²) >= 11 is 0. The van der Waals surface area contributed by atoms with E-state index >= 15 is 0 Å². The van der Waals surface area contributed by atoms with Crippen molar-refractivity contribution in [3.63, 3.8) is 0 Å². The van der Waals surface area contributed by atoms with E-state index in [-0.39, 0.29) is 11.7 Å². The van der Waals surface area contributed by atoms with Gasteiger partial charge in [-0.3, -0.25) is 9.88 Å². The summed E-state index contributed by atoms with van der Waals surface area (Å²) in [5.41, 5.74) is 8.78. The van der Waals surface area contributed by atoms with Crippen LogP contribution in [-0.2, 0) is 19.4 Å². The summed E-state index contributed by atoms with van der Waals surface area (Å²) in [6.07, 6.45) is 6.80. The molecule has 0 radical (unpaired) electrons. The summed E-state index contributed by atoms with van der Waals surface area (Å²) in [5, 5.41) is 0. The zero-order chi connectivity index (χ0) is 25.2. The Morgan fingerprint density at radius 3 is 2.47 bits per heavy atom. The summed E-state index contributed by atoms with van der Waals surface area (Å²) in [6.45, 7) is 6.24. The molecular weight excluding hydrogens is 463 g/mol. The highest BCUT2D eigenvalue weighted by Crippen LogP contribution is 2.30. The Bertz CT molecular complexity index is 1200. The number of aromatic nitrogens is 2. The number of anilines is 1. The number of likely N-dealkylation sites (tertiary alicyclic amines) is 1. The van der Waals surface area contributed by atoms with Gasteiger partial charge in [0.05, 0.1) is 5.56 Å². The highest BCUT2D eigenvalue weighted by Gasteiger charge is 2.24. The van der Waals surface area contributed by atoms with E-state index in [2.05, 4.69) is 26.7 Å². The molecule has 0 bridgehead atoms. The Kier molecular flexibility index (Phi) is 7.25. The predicted octanol–water partition coefficient (Wildman–Crippen LogP) is 4.73. The number of nitrogens with zero attached hydrogens (tertiary/aromatic N) is 4. The molecule has 4 heterocycles. The third-order valence-corrected chi connectivity index (χ3v) is 7.16. The highest BCUT2D eigenvalue weighted by atomic mass is 19.1. The maximum Gasteiger partial charge on any atom is 0.149 e. The Hall–Kier alpha value is -2.97. The van der Waals surface area contributed by atoms with Crippen molar-refractivity contribution in [1.82, 2.24) is 14.9 Å². The van der Waals surface area contributed by atoms with E-state index in [0.717, 1.165) is 50.3 Å². The van der Waals surface area contributed by atoms with Gasteiger partial charge in [-0.15, -0.1) is 0 Å². The first-order chi connectivity index (χ1) is 17.4. The summed E-state index contributed by atoms with van der Waals surface area (Å²) < 4.78 is 44.6. The zero-order valence-corrected chi connectivity index (χ0v) is 20.6. The topological polar surface area (TPSA) is 58.3 Å². The van der Waals surface area contributed by atoms with Crippen molar-refractivity contribution in [1.29, 1.82) is 0 Å². The second-order valence-electron chi connectivity index (χ2n) is 10.2. The molecule has 0 unspecified atom stereocenters. The molecule has 36 heavy (non-hydrogen) atoms. The summed E-state index contributed by atoms with van der Waals surface area (Å²) in [7, 11) is 0. The van der Waals surface area contributed by atoms with E-state index in [1.54, 1.807) is 12.3 Å². The third kappa shape index (κ3) is 5.39. The quantitative estimate of drug-likeness (QED) is 0.514. The van der Waals surface area contributed by atoms with Crippen molar-refractivity contribution >= 4 is 5.69 Å². The average Bonchev–Trinajstić information content (AvgIpc) is 2.81. The number of halogens is 3. The molecule has 2 fully saturated rings. The molecule has 2 saturated heterocycles. The van der Waals surface area contributed by atoms with Crippen molar-refractivity contribution in [2.24, 2.45) is 11.7 Å². The standard InChI is InChI=1S/C28H32F3N5/c1-18-11-21(32)17-36(15-18)26-7-8-33-14-20(26)3-4-22-5-6-23(29)28(34-22)27-24(30)12-19(13-25(27)31)16-35-9-2-10-35/h5-8,12-14,18,21H,2-4,9-11,15-17,32H2,1H3/t18-,21+/m1/s1. The van der Waals surface area contributed by atoms with Gasteiger partial charge in [0.15, 0.2) is 0 Å². The fourth-order valence-corrected chi connectivity index (χ4v) is 5.32. The van der Waals surface area contributed by atoms with Gasteiger partial charge in [0.25, 0.3) is 0 Å². The fraction of sp³-hybridized carbons (Fsp3) is 0.429. The van der Waals surface area contributed by atoms with Crippen LogP contribution in [0.15, 0.2) is 42.7 Å². The Labute approximate surface area is 210 Å². The second-order valence-corrected chi connectivity index (χ2v) is 10.2. The Morgan fingerprint density at radius 2 is 1.78 bits per heavy atom. The monoisotopic (exact) mass is 495 g/mol. The van der Waals surface area contributed by atoms with Crippen LogP contribution in [0.25, 0.3) is 11.3 Å². The lowest BCUT2D eigenvalue weighted by atomic mass is 9.95. The number of nitrogens with two attached hydrogens (primary N) is 1.